The Morgan fingerprint density at radius 1 is 1.19 bits per heavy atom. The minimum Gasteiger partial charge on any atom is -0.495 e. The third-order valence-corrected chi connectivity index (χ3v) is 3.43. The number of halogens is 1. The highest BCUT2D eigenvalue weighted by atomic mass is 35.5. The van der Waals surface area contributed by atoms with Crippen LogP contribution in [0.15, 0.2) is 24.3 Å². The molecule has 1 aromatic carbocycles. The Bertz CT molecular complexity index is 658. The zero-order valence-corrected chi connectivity index (χ0v) is 12.7. The average molecular weight is 305 g/mol. The first-order chi connectivity index (χ1) is 10.1. The summed E-state index contributed by atoms with van der Waals surface area (Å²) in [6.45, 7) is 1.87. The molecule has 21 heavy (non-hydrogen) atoms. The lowest BCUT2D eigenvalue weighted by atomic mass is 10.3. The molecule has 0 amide bonds. The fourth-order valence-corrected chi connectivity index (χ4v) is 2.23. The number of nitrogens with zero attached hydrogens (tertiary/aromatic N) is 2. The molecule has 0 bridgehead atoms. The summed E-state index contributed by atoms with van der Waals surface area (Å²) in [5.74, 6) is 2.98. The molecule has 0 unspecified atom stereocenters. The Balaban J connectivity index is 1.86. The van der Waals surface area contributed by atoms with Crippen LogP contribution in [0.1, 0.15) is 18.7 Å². The number of aryl methyl sites for hydroxylation is 1. The molecule has 0 atom stereocenters. The number of benzene rings is 1. The van der Waals surface area contributed by atoms with Crippen molar-refractivity contribution < 1.29 is 4.74 Å². The van der Waals surface area contributed by atoms with Crippen LogP contribution in [0.4, 0.5) is 17.3 Å². The SMILES string of the molecule is COc1ccc(Cl)cc1Nc1cc(NC2CC2)nc(C)n1. The van der Waals surface area contributed by atoms with Gasteiger partial charge in [-0.15, -0.1) is 0 Å². The van der Waals surface area contributed by atoms with Crippen LogP contribution in [0.25, 0.3) is 0 Å². The number of anilines is 3. The fourth-order valence-electron chi connectivity index (χ4n) is 2.06. The van der Waals surface area contributed by atoms with Crippen molar-refractivity contribution in [2.75, 3.05) is 17.7 Å². The normalized spacial score (nSPS) is 13.9. The molecule has 2 aromatic rings. The molecule has 0 saturated heterocycles. The summed E-state index contributed by atoms with van der Waals surface area (Å²) in [7, 11) is 1.62. The van der Waals surface area contributed by atoms with E-state index in [0.717, 1.165) is 11.5 Å². The van der Waals surface area contributed by atoms with Gasteiger partial charge in [-0.1, -0.05) is 11.6 Å². The zero-order valence-electron chi connectivity index (χ0n) is 12.0. The van der Waals surface area contributed by atoms with E-state index < -0.39 is 0 Å². The van der Waals surface area contributed by atoms with Crippen molar-refractivity contribution in [2.24, 2.45) is 0 Å². The first-order valence-corrected chi connectivity index (χ1v) is 7.24. The van der Waals surface area contributed by atoms with E-state index in [1.54, 1.807) is 13.2 Å². The van der Waals surface area contributed by atoms with Crippen LogP contribution in [0.3, 0.4) is 0 Å². The summed E-state index contributed by atoms with van der Waals surface area (Å²) in [4.78, 5) is 8.80. The van der Waals surface area contributed by atoms with Gasteiger partial charge in [0.05, 0.1) is 12.8 Å². The Kier molecular flexibility index (Phi) is 3.84. The maximum Gasteiger partial charge on any atom is 0.142 e. The van der Waals surface area contributed by atoms with E-state index in [1.165, 1.54) is 12.8 Å². The molecule has 2 N–H and O–H groups in total. The molecule has 5 nitrogen and oxygen atoms in total. The first-order valence-electron chi connectivity index (χ1n) is 6.87. The molecule has 1 aliphatic carbocycles. The monoisotopic (exact) mass is 304 g/mol. The van der Waals surface area contributed by atoms with Gasteiger partial charge in [-0.05, 0) is 38.0 Å². The predicted molar refractivity (Wildman–Crippen MR) is 84.7 cm³/mol. The van der Waals surface area contributed by atoms with Gasteiger partial charge in [-0.2, -0.15) is 0 Å². The van der Waals surface area contributed by atoms with Crippen LogP contribution in [-0.2, 0) is 0 Å². The summed E-state index contributed by atoms with van der Waals surface area (Å²) in [6, 6.07) is 7.86. The third-order valence-electron chi connectivity index (χ3n) is 3.19. The van der Waals surface area contributed by atoms with Gasteiger partial charge >= 0.3 is 0 Å². The minimum atomic E-state index is 0.549. The van der Waals surface area contributed by atoms with E-state index in [0.29, 0.717) is 28.5 Å². The molecular weight excluding hydrogens is 288 g/mol. The predicted octanol–water partition coefficient (Wildman–Crippen LogP) is 3.76. The van der Waals surface area contributed by atoms with Crippen LogP contribution in [0.5, 0.6) is 5.75 Å². The molecule has 110 valence electrons. The number of nitrogens with one attached hydrogen (secondary N) is 2. The van der Waals surface area contributed by atoms with E-state index in [-0.39, 0.29) is 0 Å². The smallest absolute Gasteiger partial charge is 0.142 e. The van der Waals surface area contributed by atoms with Crippen LogP contribution < -0.4 is 15.4 Å². The molecule has 0 aliphatic heterocycles. The molecule has 3 rings (SSSR count). The van der Waals surface area contributed by atoms with Crippen molar-refractivity contribution in [1.29, 1.82) is 0 Å². The maximum absolute atomic E-state index is 6.04. The Labute approximate surface area is 128 Å². The van der Waals surface area contributed by atoms with E-state index in [2.05, 4.69) is 20.6 Å². The van der Waals surface area contributed by atoms with Gasteiger partial charge in [0.25, 0.3) is 0 Å². The van der Waals surface area contributed by atoms with E-state index >= 15 is 0 Å². The van der Waals surface area contributed by atoms with Crippen molar-refractivity contribution in [2.45, 2.75) is 25.8 Å². The second-order valence-electron chi connectivity index (χ2n) is 5.07. The second-order valence-corrected chi connectivity index (χ2v) is 5.51. The van der Waals surface area contributed by atoms with Crippen LogP contribution in [-0.4, -0.2) is 23.1 Å². The minimum absolute atomic E-state index is 0.549. The van der Waals surface area contributed by atoms with Gasteiger partial charge in [-0.25, -0.2) is 9.97 Å². The number of aromatic nitrogens is 2. The quantitative estimate of drug-likeness (QED) is 0.880. The fraction of sp³-hybridized carbons (Fsp3) is 0.333. The van der Waals surface area contributed by atoms with E-state index in [1.807, 2.05) is 25.1 Å². The number of rotatable bonds is 5. The summed E-state index contributed by atoms with van der Waals surface area (Å²) >= 11 is 6.04. The Morgan fingerprint density at radius 3 is 2.67 bits per heavy atom. The van der Waals surface area contributed by atoms with Gasteiger partial charge in [0, 0.05) is 17.1 Å². The molecule has 0 radical (unpaired) electrons. The highest BCUT2D eigenvalue weighted by molar-refractivity contribution is 6.31. The van der Waals surface area contributed by atoms with Crippen molar-refractivity contribution in [3.05, 3.63) is 35.1 Å². The summed E-state index contributed by atoms with van der Waals surface area (Å²) in [5.41, 5.74) is 0.778. The van der Waals surface area contributed by atoms with Crippen LogP contribution in [0, 0.1) is 6.92 Å². The topological polar surface area (TPSA) is 59.1 Å². The largest absolute Gasteiger partial charge is 0.495 e. The second kappa shape index (κ2) is 5.77. The third kappa shape index (κ3) is 3.55. The van der Waals surface area contributed by atoms with Crippen molar-refractivity contribution in [3.63, 3.8) is 0 Å². The van der Waals surface area contributed by atoms with Gasteiger partial charge < -0.3 is 15.4 Å². The van der Waals surface area contributed by atoms with Gasteiger partial charge in [0.15, 0.2) is 0 Å². The summed E-state index contributed by atoms with van der Waals surface area (Å²) < 4.78 is 5.33. The summed E-state index contributed by atoms with van der Waals surface area (Å²) in [5, 5.41) is 7.25. The van der Waals surface area contributed by atoms with Crippen molar-refractivity contribution in [3.8, 4) is 5.75 Å². The number of hydrogen-bond donors (Lipinski definition) is 2. The lowest BCUT2D eigenvalue weighted by Gasteiger charge is -2.12. The average Bonchev–Trinajstić information content (AvgIpc) is 3.22. The number of methoxy groups -OCH3 is 1. The van der Waals surface area contributed by atoms with E-state index in [4.69, 9.17) is 16.3 Å². The lowest BCUT2D eigenvalue weighted by molar-refractivity contribution is 0.417. The van der Waals surface area contributed by atoms with Gasteiger partial charge in [-0.3, -0.25) is 0 Å². The van der Waals surface area contributed by atoms with Crippen molar-refractivity contribution >= 4 is 28.9 Å². The molecule has 1 heterocycles. The number of hydrogen-bond acceptors (Lipinski definition) is 5. The molecule has 0 spiro atoms. The highest BCUT2D eigenvalue weighted by Gasteiger charge is 2.21. The van der Waals surface area contributed by atoms with Crippen LogP contribution >= 0.6 is 11.6 Å². The van der Waals surface area contributed by atoms with E-state index in [9.17, 15) is 0 Å². The van der Waals surface area contributed by atoms with Gasteiger partial charge in [0.1, 0.15) is 23.2 Å². The number of ether oxygens (including phenoxy) is 1. The highest BCUT2D eigenvalue weighted by Crippen LogP contribution is 2.31. The van der Waals surface area contributed by atoms with Crippen molar-refractivity contribution in [1.82, 2.24) is 9.97 Å². The van der Waals surface area contributed by atoms with Crippen LogP contribution in [0.2, 0.25) is 5.02 Å². The molecule has 1 aliphatic rings. The molecule has 6 heteroatoms. The first kappa shape index (κ1) is 13.9. The standard InChI is InChI=1S/C15H17ClN4O/c1-9-17-14(19-11-4-5-11)8-15(18-9)20-12-7-10(16)3-6-13(12)21-2/h3,6-8,11H,4-5H2,1-2H3,(H2,17,18,19,20). The molecular formula is C15H17ClN4O. The Morgan fingerprint density at radius 2 is 1.95 bits per heavy atom. The van der Waals surface area contributed by atoms with Gasteiger partial charge in [0.2, 0.25) is 0 Å². The zero-order chi connectivity index (χ0) is 14.8. The Hall–Kier alpha value is -2.01. The maximum atomic E-state index is 6.04. The molecule has 1 aromatic heterocycles. The summed E-state index contributed by atoms with van der Waals surface area (Å²) in [6.07, 6.45) is 2.40. The molecule has 1 fully saturated rings. The molecule has 1 saturated carbocycles. The lowest BCUT2D eigenvalue weighted by Crippen LogP contribution is -2.06.